The van der Waals surface area contributed by atoms with Crippen molar-refractivity contribution < 1.29 is 4.79 Å². The van der Waals surface area contributed by atoms with Gasteiger partial charge in [0.2, 0.25) is 0 Å². The molecule has 6 heteroatoms. The summed E-state index contributed by atoms with van der Waals surface area (Å²) >= 11 is 1.47. The fourth-order valence-electron chi connectivity index (χ4n) is 4.33. The lowest BCUT2D eigenvalue weighted by Gasteiger charge is -2.32. The number of thiophene rings is 1. The van der Waals surface area contributed by atoms with E-state index >= 15 is 0 Å². The molecule has 5 nitrogen and oxygen atoms in total. The van der Waals surface area contributed by atoms with Gasteiger partial charge in [0.25, 0.3) is 5.91 Å². The van der Waals surface area contributed by atoms with Gasteiger partial charge in [0.1, 0.15) is 17.0 Å². The summed E-state index contributed by atoms with van der Waals surface area (Å²) in [5.41, 5.74) is 3.47. The Labute approximate surface area is 182 Å². The highest BCUT2D eigenvalue weighted by Gasteiger charge is 2.24. The summed E-state index contributed by atoms with van der Waals surface area (Å²) in [6.45, 7) is 4.73. The van der Waals surface area contributed by atoms with Crippen LogP contribution in [0.25, 0.3) is 10.2 Å². The monoisotopic (exact) mass is 422 g/mol. The van der Waals surface area contributed by atoms with E-state index in [9.17, 15) is 4.79 Å². The predicted molar refractivity (Wildman–Crippen MR) is 125 cm³/mol. The van der Waals surface area contributed by atoms with Crippen LogP contribution in [0.5, 0.6) is 0 Å². The normalized spacial score (nSPS) is 14.8. The molecule has 158 valence electrons. The molecule has 1 aromatic carbocycles. The molecule has 0 spiro atoms. The Bertz CT molecular complexity index is 1020. The molecule has 1 amide bonds. The van der Waals surface area contributed by atoms with Crippen molar-refractivity contribution in [2.45, 2.75) is 58.4 Å². The first-order valence-corrected chi connectivity index (χ1v) is 11.7. The number of fused-ring (bicyclic) bond motifs is 1. The molecular formula is C24H30N4OS. The SMILES string of the molecule is Cc1ccc(CCNC(=O)c2sc3ncnc(N(C)C4CCCCC4)c3c2C)cc1. The van der Waals surface area contributed by atoms with Crippen LogP contribution in [0.4, 0.5) is 5.82 Å². The maximum Gasteiger partial charge on any atom is 0.261 e. The van der Waals surface area contributed by atoms with Crippen LogP contribution in [0.3, 0.4) is 0 Å². The van der Waals surface area contributed by atoms with E-state index in [1.807, 2.05) is 6.92 Å². The van der Waals surface area contributed by atoms with Gasteiger partial charge in [-0.05, 0) is 44.2 Å². The van der Waals surface area contributed by atoms with Crippen molar-refractivity contribution in [3.8, 4) is 0 Å². The smallest absolute Gasteiger partial charge is 0.261 e. The minimum Gasteiger partial charge on any atom is -0.356 e. The van der Waals surface area contributed by atoms with Gasteiger partial charge in [-0.2, -0.15) is 0 Å². The van der Waals surface area contributed by atoms with Gasteiger partial charge >= 0.3 is 0 Å². The first kappa shape index (κ1) is 20.8. The van der Waals surface area contributed by atoms with Gasteiger partial charge in [-0.15, -0.1) is 11.3 Å². The van der Waals surface area contributed by atoms with Gasteiger partial charge in [-0.25, -0.2) is 9.97 Å². The number of carbonyl (C=O) groups is 1. The van der Waals surface area contributed by atoms with Crippen LogP contribution >= 0.6 is 11.3 Å². The molecule has 0 aliphatic heterocycles. The van der Waals surface area contributed by atoms with Gasteiger partial charge in [0.05, 0.1) is 10.3 Å². The van der Waals surface area contributed by atoms with Crippen LogP contribution in [0, 0.1) is 13.8 Å². The second-order valence-corrected chi connectivity index (χ2v) is 9.33. The van der Waals surface area contributed by atoms with E-state index in [2.05, 4.69) is 58.4 Å². The van der Waals surface area contributed by atoms with Crippen molar-refractivity contribution in [3.05, 3.63) is 52.2 Å². The third-order valence-corrected chi connectivity index (χ3v) is 7.39. The van der Waals surface area contributed by atoms with Crippen LogP contribution in [-0.4, -0.2) is 35.5 Å². The van der Waals surface area contributed by atoms with Crippen LogP contribution in [0.2, 0.25) is 0 Å². The average Bonchev–Trinajstić information content (AvgIpc) is 3.12. The Morgan fingerprint density at radius 1 is 1.13 bits per heavy atom. The number of benzene rings is 1. The lowest BCUT2D eigenvalue weighted by Crippen LogP contribution is -2.34. The van der Waals surface area contributed by atoms with Crippen LogP contribution in [-0.2, 0) is 6.42 Å². The first-order valence-electron chi connectivity index (χ1n) is 10.8. The third kappa shape index (κ3) is 4.33. The van der Waals surface area contributed by atoms with Crippen LogP contribution in [0.15, 0.2) is 30.6 Å². The van der Waals surface area contributed by atoms with Gasteiger partial charge in [0.15, 0.2) is 0 Å². The maximum absolute atomic E-state index is 12.9. The molecule has 1 aliphatic carbocycles. The Morgan fingerprint density at radius 2 is 1.87 bits per heavy atom. The van der Waals surface area contributed by atoms with Crippen molar-refractivity contribution in [2.24, 2.45) is 0 Å². The average molecular weight is 423 g/mol. The number of hydrogen-bond donors (Lipinski definition) is 1. The summed E-state index contributed by atoms with van der Waals surface area (Å²) in [6, 6.07) is 8.97. The summed E-state index contributed by atoms with van der Waals surface area (Å²) in [7, 11) is 2.14. The maximum atomic E-state index is 12.9. The quantitative estimate of drug-likeness (QED) is 0.604. The van der Waals surface area contributed by atoms with Gasteiger partial charge < -0.3 is 10.2 Å². The fourth-order valence-corrected chi connectivity index (χ4v) is 5.39. The van der Waals surface area contributed by atoms with Gasteiger partial charge in [-0.1, -0.05) is 49.1 Å². The molecule has 1 saturated carbocycles. The van der Waals surface area contributed by atoms with Crippen molar-refractivity contribution in [2.75, 3.05) is 18.5 Å². The molecule has 30 heavy (non-hydrogen) atoms. The van der Waals surface area contributed by atoms with Crippen molar-refractivity contribution >= 4 is 33.3 Å². The first-order chi connectivity index (χ1) is 14.5. The summed E-state index contributed by atoms with van der Waals surface area (Å²) in [5.74, 6) is 0.938. The number of hydrogen-bond acceptors (Lipinski definition) is 5. The Morgan fingerprint density at radius 3 is 2.60 bits per heavy atom. The summed E-state index contributed by atoms with van der Waals surface area (Å²) in [4.78, 5) is 25.9. The molecule has 0 radical (unpaired) electrons. The largest absolute Gasteiger partial charge is 0.356 e. The number of aromatic nitrogens is 2. The lowest BCUT2D eigenvalue weighted by molar-refractivity contribution is 0.0957. The van der Waals surface area contributed by atoms with Crippen molar-refractivity contribution in [1.29, 1.82) is 0 Å². The Balaban J connectivity index is 1.51. The molecule has 3 aromatic rings. The summed E-state index contributed by atoms with van der Waals surface area (Å²) in [5, 5.41) is 4.11. The van der Waals surface area contributed by atoms with E-state index < -0.39 is 0 Å². The molecule has 0 bridgehead atoms. The second kappa shape index (κ2) is 9.13. The Hall–Kier alpha value is -2.47. The van der Waals surface area contributed by atoms with Crippen molar-refractivity contribution in [1.82, 2.24) is 15.3 Å². The molecule has 0 unspecified atom stereocenters. The number of amides is 1. The standard InChI is InChI=1S/C24H30N4OS/c1-16-9-11-18(12-10-16)13-14-25-23(29)21-17(2)20-22(26-15-27-24(20)30-21)28(3)19-7-5-4-6-8-19/h9-12,15,19H,4-8,13-14H2,1-3H3,(H,25,29). The van der Waals surface area contributed by atoms with Crippen LogP contribution in [0.1, 0.15) is 58.5 Å². The minimum absolute atomic E-state index is 0.0196. The van der Waals surface area contributed by atoms with E-state index in [0.717, 1.165) is 32.9 Å². The molecule has 2 aromatic heterocycles. The van der Waals surface area contributed by atoms with E-state index in [-0.39, 0.29) is 5.91 Å². The van der Waals surface area contributed by atoms with Crippen molar-refractivity contribution in [3.63, 3.8) is 0 Å². The third-order valence-electron chi connectivity index (χ3n) is 6.19. The number of anilines is 1. The van der Waals surface area contributed by atoms with Gasteiger partial charge in [-0.3, -0.25) is 4.79 Å². The minimum atomic E-state index is -0.0196. The summed E-state index contributed by atoms with van der Waals surface area (Å²) < 4.78 is 0. The zero-order valence-electron chi connectivity index (χ0n) is 18.1. The van der Waals surface area contributed by atoms with E-state index in [0.29, 0.717) is 12.6 Å². The van der Waals surface area contributed by atoms with Crippen LogP contribution < -0.4 is 10.2 Å². The number of nitrogens with one attached hydrogen (secondary N) is 1. The number of rotatable bonds is 6. The van der Waals surface area contributed by atoms with E-state index in [1.54, 1.807) is 6.33 Å². The molecular weight excluding hydrogens is 392 g/mol. The van der Waals surface area contributed by atoms with E-state index in [1.165, 1.54) is 54.6 Å². The zero-order chi connectivity index (χ0) is 21.1. The molecule has 0 atom stereocenters. The molecule has 4 rings (SSSR count). The lowest BCUT2D eigenvalue weighted by atomic mass is 9.94. The van der Waals surface area contributed by atoms with E-state index in [4.69, 9.17) is 0 Å². The number of nitrogens with zero attached hydrogens (tertiary/aromatic N) is 3. The topological polar surface area (TPSA) is 58.1 Å². The second-order valence-electron chi connectivity index (χ2n) is 8.33. The molecule has 1 fully saturated rings. The molecule has 0 saturated heterocycles. The summed E-state index contributed by atoms with van der Waals surface area (Å²) in [6.07, 6.45) is 8.75. The molecule has 1 aliphatic rings. The number of carbonyl (C=O) groups excluding carboxylic acids is 1. The highest BCUT2D eigenvalue weighted by atomic mass is 32.1. The highest BCUT2D eigenvalue weighted by Crippen LogP contribution is 2.36. The zero-order valence-corrected chi connectivity index (χ0v) is 18.9. The van der Waals surface area contributed by atoms with Gasteiger partial charge in [0, 0.05) is 19.6 Å². The highest BCUT2D eigenvalue weighted by molar-refractivity contribution is 7.20. The predicted octanol–water partition coefficient (Wildman–Crippen LogP) is 5.05. The number of aryl methyl sites for hydroxylation is 2. The molecule has 2 heterocycles. The Kier molecular flexibility index (Phi) is 6.32. The fraction of sp³-hybridized carbons (Fsp3) is 0.458. The molecule has 1 N–H and O–H groups in total.